The van der Waals surface area contributed by atoms with E-state index in [4.69, 9.17) is 0 Å². The van der Waals surface area contributed by atoms with Gasteiger partial charge in [0.25, 0.3) is 10.1 Å². The maximum absolute atomic E-state index is 11.5. The Balaban J connectivity index is 2.47. The molecule has 2 aromatic carbocycles. The first-order chi connectivity index (χ1) is 9.62. The smallest absolute Gasteiger partial charge is 0.282 e. The fourth-order valence-electron chi connectivity index (χ4n) is 2.98. The number of hydrogen-bond donors (Lipinski definition) is 1. The van der Waals surface area contributed by atoms with E-state index in [1.165, 1.54) is 6.07 Å². The first-order valence-corrected chi connectivity index (χ1v) is 8.17. The molecule has 110 valence electrons. The van der Waals surface area contributed by atoms with Crippen LogP contribution >= 0.6 is 0 Å². The first-order valence-electron chi connectivity index (χ1n) is 6.73. The molecule has 0 aliphatic carbocycles. The van der Waals surface area contributed by atoms with Gasteiger partial charge in [-0.1, -0.05) is 19.9 Å². The summed E-state index contributed by atoms with van der Waals surface area (Å²) in [5.41, 5.74) is 3.46. The predicted octanol–water partition coefficient (Wildman–Crippen LogP) is 3.78. The first kappa shape index (κ1) is 14.2. The Morgan fingerprint density at radius 2 is 1.76 bits per heavy atom. The largest absolute Gasteiger partial charge is 0.294 e. The maximum atomic E-state index is 11.5. The summed E-state index contributed by atoms with van der Waals surface area (Å²) in [6.07, 6.45) is 0. The zero-order chi connectivity index (χ0) is 15.6. The Morgan fingerprint density at radius 1 is 1.10 bits per heavy atom. The third-order valence-electron chi connectivity index (χ3n) is 4.41. The molecule has 0 aromatic heterocycles. The van der Waals surface area contributed by atoms with Gasteiger partial charge in [-0.15, -0.1) is 0 Å². The van der Waals surface area contributed by atoms with E-state index in [1.807, 2.05) is 26.0 Å². The summed E-state index contributed by atoms with van der Waals surface area (Å²) >= 11 is 0. The zero-order valence-electron chi connectivity index (χ0n) is 12.4. The van der Waals surface area contributed by atoms with E-state index in [2.05, 4.69) is 18.8 Å². The van der Waals surface area contributed by atoms with Crippen LogP contribution in [0.4, 0.5) is 5.69 Å². The summed E-state index contributed by atoms with van der Waals surface area (Å²) in [7, 11) is -4.22. The van der Waals surface area contributed by atoms with Crippen LogP contribution in [0.25, 0.3) is 10.8 Å². The second-order valence-electron chi connectivity index (χ2n) is 6.09. The quantitative estimate of drug-likeness (QED) is 0.815. The Hall–Kier alpha value is -1.72. The predicted molar refractivity (Wildman–Crippen MR) is 84.3 cm³/mol. The minimum Gasteiger partial charge on any atom is -0.282 e. The zero-order valence-corrected chi connectivity index (χ0v) is 13.2. The van der Waals surface area contributed by atoms with Crippen molar-refractivity contribution in [1.82, 2.24) is 0 Å². The van der Waals surface area contributed by atoms with E-state index in [0.29, 0.717) is 0 Å². The fourth-order valence-corrected chi connectivity index (χ4v) is 3.57. The molecular formula is C16H17NO3S. The molecule has 0 amide bonds. The molecule has 0 saturated carbocycles. The minimum atomic E-state index is -4.22. The maximum Gasteiger partial charge on any atom is 0.294 e. The van der Waals surface area contributed by atoms with Gasteiger partial charge in [0.1, 0.15) is 0 Å². The highest BCUT2D eigenvalue weighted by molar-refractivity contribution is 7.85. The molecule has 1 aliphatic rings. The molecule has 0 atom stereocenters. The van der Waals surface area contributed by atoms with Crippen LogP contribution in [0.1, 0.15) is 31.9 Å². The number of aryl methyl sites for hydroxylation is 1. The van der Waals surface area contributed by atoms with Crippen molar-refractivity contribution >= 4 is 32.3 Å². The van der Waals surface area contributed by atoms with Crippen molar-refractivity contribution in [3.63, 3.8) is 0 Å². The van der Waals surface area contributed by atoms with Gasteiger partial charge in [-0.3, -0.25) is 9.55 Å². The van der Waals surface area contributed by atoms with Crippen LogP contribution in [0.5, 0.6) is 0 Å². The summed E-state index contributed by atoms with van der Waals surface area (Å²) in [6.45, 7) is 7.98. The molecule has 1 aliphatic heterocycles. The van der Waals surface area contributed by atoms with Crippen molar-refractivity contribution < 1.29 is 13.0 Å². The molecule has 0 saturated heterocycles. The number of aliphatic imine (C=N–C) groups is 1. The van der Waals surface area contributed by atoms with Crippen molar-refractivity contribution in [2.75, 3.05) is 0 Å². The van der Waals surface area contributed by atoms with Crippen LogP contribution in [-0.2, 0) is 15.5 Å². The fraction of sp³-hybridized carbons (Fsp3) is 0.312. The van der Waals surface area contributed by atoms with Gasteiger partial charge in [0.05, 0.1) is 10.6 Å². The summed E-state index contributed by atoms with van der Waals surface area (Å²) in [4.78, 5) is 4.51. The molecule has 3 rings (SSSR count). The van der Waals surface area contributed by atoms with Gasteiger partial charge in [-0.05, 0) is 53.9 Å². The Labute approximate surface area is 124 Å². The Bertz CT molecular complexity index is 909. The lowest BCUT2D eigenvalue weighted by Crippen LogP contribution is -2.23. The van der Waals surface area contributed by atoms with Crippen molar-refractivity contribution in [3.8, 4) is 0 Å². The van der Waals surface area contributed by atoms with E-state index in [1.54, 1.807) is 6.07 Å². The van der Waals surface area contributed by atoms with Crippen LogP contribution in [0.2, 0.25) is 0 Å². The minimum absolute atomic E-state index is 0.0683. The highest BCUT2D eigenvalue weighted by Gasteiger charge is 2.34. The van der Waals surface area contributed by atoms with Crippen molar-refractivity contribution in [1.29, 1.82) is 0 Å². The molecule has 0 bridgehead atoms. The van der Waals surface area contributed by atoms with Crippen LogP contribution in [0.15, 0.2) is 34.2 Å². The molecule has 0 radical (unpaired) electrons. The van der Waals surface area contributed by atoms with E-state index < -0.39 is 10.1 Å². The number of hydrogen-bond acceptors (Lipinski definition) is 3. The van der Waals surface area contributed by atoms with Gasteiger partial charge < -0.3 is 0 Å². The average Bonchev–Trinajstić information content (AvgIpc) is 2.59. The molecule has 0 spiro atoms. The van der Waals surface area contributed by atoms with Crippen LogP contribution in [0, 0.1) is 6.92 Å². The van der Waals surface area contributed by atoms with E-state index in [-0.39, 0.29) is 10.3 Å². The molecule has 0 fully saturated rings. The van der Waals surface area contributed by atoms with Crippen molar-refractivity contribution in [2.24, 2.45) is 4.99 Å². The van der Waals surface area contributed by atoms with Gasteiger partial charge in [-0.25, -0.2) is 0 Å². The summed E-state index contributed by atoms with van der Waals surface area (Å²) in [5.74, 6) is 0. The Kier molecular flexibility index (Phi) is 2.81. The van der Waals surface area contributed by atoms with Crippen molar-refractivity contribution in [3.05, 3.63) is 35.4 Å². The second-order valence-corrected chi connectivity index (χ2v) is 7.51. The second kappa shape index (κ2) is 4.15. The molecule has 1 N–H and O–H groups in total. The molecule has 0 unspecified atom stereocenters. The number of fused-ring (bicyclic) bond motifs is 3. The number of nitrogens with zero attached hydrogens (tertiary/aromatic N) is 1. The molecule has 1 heterocycles. The third kappa shape index (κ3) is 2.00. The van der Waals surface area contributed by atoms with Gasteiger partial charge in [0.2, 0.25) is 0 Å². The molecule has 4 nitrogen and oxygen atoms in total. The van der Waals surface area contributed by atoms with E-state index in [0.717, 1.165) is 33.3 Å². The lowest BCUT2D eigenvalue weighted by Gasteiger charge is -2.22. The Morgan fingerprint density at radius 3 is 2.38 bits per heavy atom. The van der Waals surface area contributed by atoms with E-state index in [9.17, 15) is 13.0 Å². The average molecular weight is 303 g/mol. The lowest BCUT2D eigenvalue weighted by atomic mass is 9.79. The summed E-state index contributed by atoms with van der Waals surface area (Å²) in [6, 6.07) is 6.97. The standard InChI is InChI=1S/C16H17NO3S/c1-9-7-11(21(18,19)20)8-13-12(9)5-6-14-15(13)16(3,4)10(2)17-14/h5-8H,1-4H3,(H,18,19,20). The van der Waals surface area contributed by atoms with Crippen LogP contribution < -0.4 is 0 Å². The molecule has 21 heavy (non-hydrogen) atoms. The molecule has 5 heteroatoms. The lowest BCUT2D eigenvalue weighted by molar-refractivity contribution is 0.483. The van der Waals surface area contributed by atoms with Gasteiger partial charge >= 0.3 is 0 Å². The number of benzene rings is 2. The highest BCUT2D eigenvalue weighted by atomic mass is 32.2. The molecule has 2 aromatic rings. The number of rotatable bonds is 1. The third-order valence-corrected chi connectivity index (χ3v) is 5.24. The van der Waals surface area contributed by atoms with Crippen molar-refractivity contribution in [2.45, 2.75) is 38.0 Å². The monoisotopic (exact) mass is 303 g/mol. The normalized spacial score (nSPS) is 16.9. The SMILES string of the molecule is CC1=Nc2ccc3c(C)cc(S(=O)(=O)O)cc3c2C1(C)C. The van der Waals surface area contributed by atoms with Gasteiger partial charge in [-0.2, -0.15) is 8.42 Å². The summed E-state index contributed by atoms with van der Waals surface area (Å²) in [5, 5.41) is 1.82. The highest BCUT2D eigenvalue weighted by Crippen LogP contribution is 2.45. The van der Waals surface area contributed by atoms with Crippen LogP contribution in [0.3, 0.4) is 0 Å². The van der Waals surface area contributed by atoms with Crippen LogP contribution in [-0.4, -0.2) is 18.7 Å². The van der Waals surface area contributed by atoms with Gasteiger partial charge in [0, 0.05) is 11.1 Å². The topological polar surface area (TPSA) is 66.7 Å². The summed E-state index contributed by atoms with van der Waals surface area (Å²) < 4.78 is 32.3. The van der Waals surface area contributed by atoms with E-state index >= 15 is 0 Å². The molecular weight excluding hydrogens is 286 g/mol. The van der Waals surface area contributed by atoms with Gasteiger partial charge in [0.15, 0.2) is 0 Å².